The van der Waals surface area contributed by atoms with Gasteiger partial charge in [-0.2, -0.15) is 0 Å². The Morgan fingerprint density at radius 2 is 1.70 bits per heavy atom. The van der Waals surface area contributed by atoms with Crippen molar-refractivity contribution in [1.82, 2.24) is 4.44 Å². The summed E-state index contributed by atoms with van der Waals surface area (Å²) in [4.78, 5) is 0. The molecule has 33 heavy (non-hydrogen) atoms. The van der Waals surface area contributed by atoms with Gasteiger partial charge >= 0.3 is 0 Å². The molecule has 0 radical (unpaired) electrons. The second-order valence-corrected chi connectivity index (χ2v) is 17.1. The van der Waals surface area contributed by atoms with Crippen LogP contribution in [-0.2, 0) is 0 Å². The van der Waals surface area contributed by atoms with E-state index >= 15 is 8.78 Å². The van der Waals surface area contributed by atoms with Crippen LogP contribution in [0, 0.1) is 11.6 Å². The lowest BCUT2D eigenvalue weighted by Gasteiger charge is -2.53. The van der Waals surface area contributed by atoms with E-state index in [4.69, 9.17) is 0 Å². The van der Waals surface area contributed by atoms with E-state index in [9.17, 15) is 8.78 Å². The Morgan fingerprint density at radius 1 is 0.909 bits per heavy atom. The molecule has 3 aliphatic heterocycles. The number of allylic oxidation sites excluding steroid dienone is 3. The highest BCUT2D eigenvalue weighted by molar-refractivity contribution is 8.02. The summed E-state index contributed by atoms with van der Waals surface area (Å²) in [5.41, 5.74) is 1.58. The quantitative estimate of drug-likeness (QED) is 0.300. The summed E-state index contributed by atoms with van der Waals surface area (Å²) < 4.78 is 61.6. The molecule has 1 aliphatic carbocycles. The molecule has 6 rings (SSSR count). The van der Waals surface area contributed by atoms with E-state index < -0.39 is 47.0 Å². The Balaban J connectivity index is 1.58. The summed E-state index contributed by atoms with van der Waals surface area (Å²) in [7, 11) is -3.94. The van der Waals surface area contributed by atoms with Crippen molar-refractivity contribution in [3.8, 4) is 0 Å². The highest BCUT2D eigenvalue weighted by atomic mass is 31.2. The van der Waals surface area contributed by atoms with Crippen LogP contribution in [0.4, 0.5) is 17.6 Å². The molecule has 2 aromatic rings. The van der Waals surface area contributed by atoms with Crippen LogP contribution in [0.25, 0.3) is 0 Å². The molecule has 3 heterocycles. The lowest BCUT2D eigenvalue weighted by atomic mass is 9.94. The van der Waals surface area contributed by atoms with Crippen LogP contribution < -0.4 is 5.30 Å². The number of rotatable bonds is 3. The summed E-state index contributed by atoms with van der Waals surface area (Å²) in [5.74, 6) is -0.626. The van der Waals surface area contributed by atoms with Gasteiger partial charge in [0.2, 0.25) is 0 Å². The first-order valence-corrected chi connectivity index (χ1v) is 15.8. The minimum Gasteiger partial charge on any atom is -0.248 e. The molecule has 0 bridgehead atoms. The predicted molar refractivity (Wildman–Crippen MR) is 133 cm³/mol. The third-order valence-corrected chi connectivity index (χ3v) is 18.8. The zero-order valence-corrected chi connectivity index (χ0v) is 20.7. The largest absolute Gasteiger partial charge is 0.248 e. The average molecular weight is 507 g/mol. The van der Waals surface area contributed by atoms with Gasteiger partial charge in [-0.05, 0) is 57.3 Å². The molecule has 0 amide bonds. The third-order valence-electron chi connectivity index (χ3n) is 7.15. The molecule has 172 valence electrons. The van der Waals surface area contributed by atoms with Crippen molar-refractivity contribution in [3.63, 3.8) is 0 Å². The highest BCUT2D eigenvalue weighted by Crippen LogP contribution is 2.83. The van der Waals surface area contributed by atoms with E-state index in [0.29, 0.717) is 16.0 Å². The summed E-state index contributed by atoms with van der Waals surface area (Å²) >= 11 is 0. The van der Waals surface area contributed by atoms with Crippen LogP contribution in [0.5, 0.6) is 0 Å². The van der Waals surface area contributed by atoms with Crippen molar-refractivity contribution < 1.29 is 17.6 Å². The Bertz CT molecular complexity index is 1190. The van der Waals surface area contributed by atoms with E-state index in [-0.39, 0.29) is 11.4 Å². The number of benzene rings is 2. The summed E-state index contributed by atoms with van der Waals surface area (Å²) in [5, 5.41) is 1.24. The number of nitrogens with zero attached hydrogens (tertiary/aromatic N) is 1. The highest BCUT2D eigenvalue weighted by Gasteiger charge is 2.53. The molecule has 2 aromatic carbocycles. The number of halogens is 4. The number of hydrogen-bond donors (Lipinski definition) is 0. The van der Waals surface area contributed by atoms with Gasteiger partial charge in [-0.3, -0.25) is 0 Å². The fourth-order valence-electron chi connectivity index (χ4n) is 5.50. The Hall–Kier alpha value is -1.24. The van der Waals surface area contributed by atoms with Gasteiger partial charge in [0.15, 0.2) is 0 Å². The summed E-state index contributed by atoms with van der Waals surface area (Å²) in [6.45, 7) is 0. The maximum atomic E-state index is 15.5. The SMILES string of the molecule is FC1=C[PH]2=C(C(F)=C1)P(c1ccc(F)cc1F)N(C1CCC1)P1[C@@H](c3ccccc3)CC[C@@H]12. The van der Waals surface area contributed by atoms with E-state index in [1.807, 2.05) is 18.2 Å². The molecule has 1 saturated carbocycles. The van der Waals surface area contributed by atoms with Crippen molar-refractivity contribution in [3.05, 3.63) is 89.3 Å². The van der Waals surface area contributed by atoms with Crippen LogP contribution in [0.3, 0.4) is 0 Å². The normalized spacial score (nSPS) is 32.0. The van der Waals surface area contributed by atoms with Crippen LogP contribution in [-0.4, -0.2) is 20.9 Å². The monoisotopic (exact) mass is 507 g/mol. The lowest BCUT2D eigenvalue weighted by molar-refractivity contribution is 0.315. The first-order chi connectivity index (χ1) is 16.0. The van der Waals surface area contributed by atoms with Gasteiger partial charge in [0, 0.05) is 47.7 Å². The van der Waals surface area contributed by atoms with Crippen LogP contribution in [0.2, 0.25) is 0 Å². The molecule has 0 N–H and O–H groups in total. The van der Waals surface area contributed by atoms with Crippen LogP contribution >= 0.6 is 23.7 Å². The van der Waals surface area contributed by atoms with E-state index in [2.05, 4.69) is 16.6 Å². The van der Waals surface area contributed by atoms with E-state index in [1.165, 1.54) is 17.7 Å². The molecular weight excluding hydrogens is 483 g/mol. The number of hydrogen-bond acceptors (Lipinski definition) is 1. The Morgan fingerprint density at radius 3 is 2.39 bits per heavy atom. The zero-order chi connectivity index (χ0) is 22.7. The van der Waals surface area contributed by atoms with E-state index in [1.54, 1.807) is 5.82 Å². The molecule has 5 atom stereocenters. The van der Waals surface area contributed by atoms with Crippen molar-refractivity contribution in [2.75, 3.05) is 0 Å². The molecule has 1 saturated heterocycles. The second kappa shape index (κ2) is 8.76. The Kier molecular flexibility index (Phi) is 5.90. The van der Waals surface area contributed by atoms with Crippen LogP contribution in [0.15, 0.2) is 72.1 Å². The van der Waals surface area contributed by atoms with Gasteiger partial charge in [-0.15, -0.1) is 0 Å². The molecule has 2 fully saturated rings. The van der Waals surface area contributed by atoms with Gasteiger partial charge in [0.05, 0.1) is 0 Å². The minimum atomic E-state index is -1.68. The smallest absolute Gasteiger partial charge is 0.135 e. The standard InChI is InChI=1S/C25H24F4NP3/c26-17-9-10-23(20(28)13-17)33-25-21(29)14-18(27)15-31(25)24-12-11-22(16-5-2-1-3-6-16)32(24)30(33)19-7-4-8-19/h1-3,5-6,9-10,13-15,19,22,24,31H,4,7-8,11-12H2/t22-,24-,32?,33?/m1/s1. The summed E-state index contributed by atoms with van der Waals surface area (Å²) in [6.07, 6.45) is 6.04. The van der Waals surface area contributed by atoms with Gasteiger partial charge in [0.25, 0.3) is 0 Å². The number of fused-ring (bicyclic) bond motifs is 2. The molecule has 0 aromatic heterocycles. The van der Waals surface area contributed by atoms with Gasteiger partial charge in [-0.25, -0.2) is 22.0 Å². The van der Waals surface area contributed by atoms with Crippen molar-refractivity contribution in [2.45, 2.75) is 49.2 Å². The molecule has 4 aliphatic rings. The molecule has 8 heteroatoms. The first kappa shape index (κ1) is 22.2. The van der Waals surface area contributed by atoms with E-state index in [0.717, 1.165) is 44.2 Å². The van der Waals surface area contributed by atoms with Crippen molar-refractivity contribution in [1.29, 1.82) is 0 Å². The fourth-order valence-corrected chi connectivity index (χ4v) is 20.2. The Labute approximate surface area is 194 Å². The van der Waals surface area contributed by atoms with Gasteiger partial charge in [0.1, 0.15) is 23.3 Å². The van der Waals surface area contributed by atoms with Crippen LogP contribution in [0.1, 0.15) is 43.3 Å². The topological polar surface area (TPSA) is 3.24 Å². The maximum absolute atomic E-state index is 15.5. The predicted octanol–water partition coefficient (Wildman–Crippen LogP) is 8.14. The second-order valence-electron chi connectivity index (χ2n) is 9.04. The maximum Gasteiger partial charge on any atom is 0.135 e. The molecule has 0 spiro atoms. The van der Waals surface area contributed by atoms with Gasteiger partial charge < -0.3 is 0 Å². The zero-order valence-electron chi connectivity index (χ0n) is 17.9. The fraction of sp³-hybridized carbons (Fsp3) is 0.320. The molecule has 3 unspecified atom stereocenters. The lowest BCUT2D eigenvalue weighted by Crippen LogP contribution is -2.41. The van der Waals surface area contributed by atoms with Crippen molar-refractivity contribution in [2.24, 2.45) is 0 Å². The van der Waals surface area contributed by atoms with Crippen molar-refractivity contribution >= 4 is 34.0 Å². The third kappa shape index (κ3) is 3.71. The molecular formula is C25H24F4NP3. The molecule has 1 nitrogen and oxygen atoms in total. The minimum absolute atomic E-state index is 0.235. The van der Waals surface area contributed by atoms with Gasteiger partial charge in [-0.1, -0.05) is 44.3 Å². The average Bonchev–Trinajstić information content (AvgIpc) is 3.19. The first-order valence-electron chi connectivity index (χ1n) is 11.4. The summed E-state index contributed by atoms with van der Waals surface area (Å²) in [6, 6.07) is 14.4.